The Morgan fingerprint density at radius 3 is 2.59 bits per heavy atom. The maximum atomic E-state index is 13.1. The van der Waals surface area contributed by atoms with Gasteiger partial charge in [-0.25, -0.2) is 18.3 Å². The highest BCUT2D eigenvalue weighted by molar-refractivity contribution is 7.98. The van der Waals surface area contributed by atoms with Crippen molar-refractivity contribution in [2.45, 2.75) is 24.3 Å². The van der Waals surface area contributed by atoms with Crippen molar-refractivity contribution in [2.75, 3.05) is 0 Å². The van der Waals surface area contributed by atoms with Crippen LogP contribution in [0.4, 0.5) is 8.78 Å². The smallest absolute Gasteiger partial charge is 0.286 e. The summed E-state index contributed by atoms with van der Waals surface area (Å²) in [4.78, 5) is 30.9. The molecule has 4 aromatic rings. The molecule has 148 valence electrons. The van der Waals surface area contributed by atoms with Gasteiger partial charge in [-0.15, -0.1) is 9.73 Å². The maximum absolute atomic E-state index is 13.1. The minimum atomic E-state index is -2.53. The Bertz CT molecular complexity index is 1280. The molecule has 0 aliphatic rings. The van der Waals surface area contributed by atoms with Crippen LogP contribution in [0, 0.1) is 6.92 Å². The number of aromatic nitrogens is 6. The van der Waals surface area contributed by atoms with Crippen molar-refractivity contribution in [2.24, 2.45) is 0 Å². The van der Waals surface area contributed by atoms with E-state index in [9.17, 15) is 18.4 Å². The topological polar surface area (TPSA) is 97.9 Å². The molecule has 1 aromatic carbocycles. The summed E-state index contributed by atoms with van der Waals surface area (Å²) in [7, 11) is 0. The van der Waals surface area contributed by atoms with Crippen molar-refractivity contribution in [1.29, 1.82) is 0 Å². The summed E-state index contributed by atoms with van der Waals surface area (Å²) < 4.78 is 28.0. The highest BCUT2D eigenvalue weighted by Crippen LogP contribution is 2.24. The first kappa shape index (κ1) is 19.0. The van der Waals surface area contributed by atoms with Gasteiger partial charge in [0.2, 0.25) is 0 Å². The van der Waals surface area contributed by atoms with Crippen molar-refractivity contribution in [3.63, 3.8) is 0 Å². The number of benzene rings is 1. The molecule has 11 heteroatoms. The molecule has 0 fully saturated rings. The van der Waals surface area contributed by atoms with Crippen LogP contribution in [0.3, 0.4) is 0 Å². The van der Waals surface area contributed by atoms with Crippen LogP contribution in [-0.4, -0.2) is 29.4 Å². The predicted octanol–water partition coefficient (Wildman–Crippen LogP) is 2.50. The average molecular weight is 416 g/mol. The number of aromatic amines is 1. The second-order valence-electron chi connectivity index (χ2n) is 6.19. The van der Waals surface area contributed by atoms with E-state index in [1.165, 1.54) is 45.5 Å². The van der Waals surface area contributed by atoms with Gasteiger partial charge in [-0.1, -0.05) is 36.0 Å². The van der Waals surface area contributed by atoms with E-state index < -0.39 is 12.0 Å². The van der Waals surface area contributed by atoms with Crippen LogP contribution < -0.4 is 11.1 Å². The van der Waals surface area contributed by atoms with Crippen molar-refractivity contribution >= 4 is 17.3 Å². The van der Waals surface area contributed by atoms with Crippen molar-refractivity contribution in [3.05, 3.63) is 80.3 Å². The predicted molar refractivity (Wildman–Crippen MR) is 103 cm³/mol. The van der Waals surface area contributed by atoms with Gasteiger partial charge in [-0.3, -0.25) is 9.59 Å². The molecule has 0 aliphatic carbocycles. The van der Waals surface area contributed by atoms with Crippen molar-refractivity contribution in [3.8, 4) is 5.82 Å². The molecule has 3 aromatic heterocycles. The van der Waals surface area contributed by atoms with E-state index in [0.29, 0.717) is 22.0 Å². The molecule has 0 bridgehead atoms. The standard InChI is InChI=1S/C18H14F2N6O2S/c1-10-6-23-26-15(10)17(28)25(13-7-22-14(27)8-21-13)18(24-26)29-9-11-2-4-12(5-3-11)16(19)20/h2-8,16H,9H2,1H3,(H,22,27). The van der Waals surface area contributed by atoms with E-state index in [1.54, 1.807) is 19.1 Å². The zero-order valence-electron chi connectivity index (χ0n) is 15.0. The Morgan fingerprint density at radius 1 is 1.17 bits per heavy atom. The lowest BCUT2D eigenvalue weighted by Crippen LogP contribution is -2.26. The normalized spacial score (nSPS) is 11.4. The third-order valence-electron chi connectivity index (χ3n) is 4.20. The fraction of sp³-hybridized carbons (Fsp3) is 0.167. The van der Waals surface area contributed by atoms with E-state index in [4.69, 9.17) is 0 Å². The summed E-state index contributed by atoms with van der Waals surface area (Å²) >= 11 is 1.22. The van der Waals surface area contributed by atoms with Gasteiger partial charge in [0.1, 0.15) is 0 Å². The molecule has 0 spiro atoms. The van der Waals surface area contributed by atoms with Gasteiger partial charge in [0, 0.05) is 23.1 Å². The minimum Gasteiger partial charge on any atom is -0.324 e. The molecule has 4 rings (SSSR count). The molecule has 29 heavy (non-hydrogen) atoms. The number of rotatable bonds is 5. The molecule has 8 nitrogen and oxygen atoms in total. The van der Waals surface area contributed by atoms with Crippen molar-refractivity contribution in [1.82, 2.24) is 29.4 Å². The van der Waals surface area contributed by atoms with E-state index in [0.717, 1.165) is 11.8 Å². The number of hydrogen-bond donors (Lipinski definition) is 1. The van der Waals surface area contributed by atoms with Crippen LogP contribution in [0.15, 0.2) is 57.6 Å². The zero-order valence-corrected chi connectivity index (χ0v) is 15.9. The molecule has 1 N–H and O–H groups in total. The first-order valence-electron chi connectivity index (χ1n) is 8.46. The molecule has 0 saturated carbocycles. The maximum Gasteiger partial charge on any atom is 0.286 e. The Kier molecular flexibility index (Phi) is 4.97. The summed E-state index contributed by atoms with van der Waals surface area (Å²) in [5.74, 6) is 0.589. The molecule has 0 unspecified atom stereocenters. The number of alkyl halides is 2. The first-order valence-corrected chi connectivity index (χ1v) is 9.45. The van der Waals surface area contributed by atoms with E-state index in [2.05, 4.69) is 20.2 Å². The van der Waals surface area contributed by atoms with Gasteiger partial charge in [0.15, 0.2) is 16.5 Å². The van der Waals surface area contributed by atoms with Crippen molar-refractivity contribution < 1.29 is 8.78 Å². The summed E-state index contributed by atoms with van der Waals surface area (Å²) in [6.45, 7) is 1.74. The molecule has 0 amide bonds. The quantitative estimate of drug-likeness (QED) is 0.502. The number of hydrogen-bond acceptors (Lipinski definition) is 6. The highest BCUT2D eigenvalue weighted by Gasteiger charge is 2.17. The number of thioether (sulfide) groups is 1. The average Bonchev–Trinajstić information content (AvgIpc) is 3.08. The Labute approximate surface area is 166 Å². The minimum absolute atomic E-state index is 0.0559. The van der Waals surface area contributed by atoms with Crippen LogP contribution >= 0.6 is 11.8 Å². The lowest BCUT2D eigenvalue weighted by Gasteiger charge is -2.11. The largest absolute Gasteiger partial charge is 0.324 e. The fourth-order valence-corrected chi connectivity index (χ4v) is 3.66. The van der Waals surface area contributed by atoms with Gasteiger partial charge >= 0.3 is 0 Å². The highest BCUT2D eigenvalue weighted by atomic mass is 32.2. The first-order chi connectivity index (χ1) is 13.9. The van der Waals surface area contributed by atoms with Gasteiger partial charge in [-0.05, 0) is 12.5 Å². The van der Waals surface area contributed by atoms with Gasteiger partial charge in [0.25, 0.3) is 17.5 Å². The van der Waals surface area contributed by atoms with E-state index in [-0.39, 0.29) is 16.9 Å². The van der Waals surface area contributed by atoms with Crippen LogP contribution in [0.1, 0.15) is 23.1 Å². The lowest BCUT2D eigenvalue weighted by molar-refractivity contribution is 0.151. The third kappa shape index (κ3) is 3.68. The summed E-state index contributed by atoms with van der Waals surface area (Å²) in [6.07, 6.45) is 1.41. The Hall–Kier alpha value is -3.34. The molecule has 0 radical (unpaired) electrons. The van der Waals surface area contributed by atoms with Gasteiger partial charge < -0.3 is 4.98 Å². The number of H-pyrrole nitrogens is 1. The van der Waals surface area contributed by atoms with Gasteiger partial charge in [0.05, 0.1) is 12.4 Å². The summed E-state index contributed by atoms with van der Waals surface area (Å²) in [5, 5.41) is 8.78. The molecule has 0 saturated heterocycles. The van der Waals surface area contributed by atoms with Crippen LogP contribution in [0.5, 0.6) is 0 Å². The summed E-state index contributed by atoms with van der Waals surface area (Å²) in [6, 6.07) is 5.94. The SMILES string of the molecule is Cc1cnn2nc(SCc3ccc(C(F)F)cc3)n(-c3c[nH]c(=O)cn3)c(=O)c12. The zero-order chi connectivity index (χ0) is 20.5. The van der Waals surface area contributed by atoms with E-state index in [1.807, 2.05) is 0 Å². The molecule has 0 atom stereocenters. The Morgan fingerprint density at radius 2 is 1.93 bits per heavy atom. The molecule has 0 aliphatic heterocycles. The van der Waals surface area contributed by atoms with Crippen LogP contribution in [0.2, 0.25) is 0 Å². The number of halogens is 2. The summed E-state index contributed by atoms with van der Waals surface area (Å²) in [5.41, 5.74) is 0.893. The second kappa shape index (κ2) is 7.59. The monoisotopic (exact) mass is 416 g/mol. The number of fused-ring (bicyclic) bond motifs is 1. The van der Waals surface area contributed by atoms with E-state index >= 15 is 0 Å². The second-order valence-corrected chi connectivity index (χ2v) is 7.13. The fourth-order valence-electron chi connectivity index (χ4n) is 2.73. The van der Waals surface area contributed by atoms with Gasteiger partial charge in [-0.2, -0.15) is 5.10 Å². The number of aryl methyl sites for hydroxylation is 1. The van der Waals surface area contributed by atoms with Crippen LogP contribution in [0.25, 0.3) is 11.3 Å². The molecule has 3 heterocycles. The number of nitrogens with one attached hydrogen (secondary N) is 1. The molecular formula is C18H14F2N6O2S. The lowest BCUT2D eigenvalue weighted by atomic mass is 10.2. The third-order valence-corrected chi connectivity index (χ3v) is 5.20. The Balaban J connectivity index is 1.76. The van der Waals surface area contributed by atoms with Crippen LogP contribution in [-0.2, 0) is 5.75 Å². The number of nitrogens with zero attached hydrogens (tertiary/aromatic N) is 5. The molecular weight excluding hydrogens is 402 g/mol.